The molecule has 1 aliphatic carbocycles. The number of likely N-dealkylation sites (N-methyl/N-ethyl adjacent to an activating group) is 1. The summed E-state index contributed by atoms with van der Waals surface area (Å²) in [5.74, 6) is -7.00. The molecule has 0 radical (unpaired) electrons. The minimum Gasteiger partial charge on any atom is -0.353 e. The fourth-order valence-electron chi connectivity index (χ4n) is 18.0. The highest BCUT2D eigenvalue weighted by atomic mass is 16.5. The minimum absolute atomic E-state index is 0.000741. The van der Waals surface area contributed by atoms with Gasteiger partial charge in [-0.1, -0.05) is 178 Å². The lowest BCUT2D eigenvalue weighted by Crippen LogP contribution is -2.48. The Morgan fingerprint density at radius 3 is 1.12 bits per heavy atom. The number of para-hydroxylation sites is 7. The second-order valence-corrected chi connectivity index (χ2v) is 37.0. The molecule has 1 aromatic heterocycles. The Kier molecular flexibility index (Phi) is 41.9. The van der Waals surface area contributed by atoms with Crippen molar-refractivity contribution < 1.29 is 113 Å². The van der Waals surface area contributed by atoms with Gasteiger partial charge in [0.05, 0.1) is 42.1 Å². The summed E-state index contributed by atoms with van der Waals surface area (Å²) in [6.45, 7) is 6.87. The lowest BCUT2D eigenvalue weighted by atomic mass is 9.88. The zero-order valence-corrected chi connectivity index (χ0v) is 81.9. The van der Waals surface area contributed by atoms with E-state index in [9.17, 15) is 76.7 Å². The standard InChI is InChI=1S/C18H18N4O4.C18H18N2O3.C17H24N4O4.C16H22N2O3.C15H18N2O3.2C11H12N2O3/c23-16(21-26)10-13-9-12-5-1-2-6-14(12)22(18(13)25)11-17(24)20-15-7-3-4-8-19-15;21-17(19-23)11-15-10-14-8-4-5-9-16(14)20(18(15)22)12-13-6-2-1-3-7-13;1-20(2)8-7-18-16(23)11-21-14-6-4-3-5-12(14)9-13(17(21)24)10-15(22)19-25;1-11(2)7-8-18-14-6-4-3-5-12(14)9-13(16(18)20)10-15(19)17-21;18-14(16-20)8-12-7-11-3-1-2-4-13(11)17(15(12)19)9-10-5-6-10;14-10(13-16)6-8-5-7-3-1-2-4-9(7)12-11(8)15;14-10(12-16)7-13-9-4-2-1-3-8(9)5-6-11(13)15/h1-8,13,26H,9-11H2,(H,21,23)(H,19,20,24);1-9,15,23H,10-12H2,(H,19,21);3-6,13,25H,7-11H2,1-2H3,(H,18,23)(H,19,22);3-6,11,13,21H,7-10H2,1-2H3,(H,17,19);1-4,10,12,20H,5-9H2,(H,16,18);1-4,8,16H,5-6H2,(H,12,15)(H,13,14);1-4,16H,5-7H2,(H,12,14). The smallest absolute Gasteiger partial charge is 0.263 e. The van der Waals surface area contributed by atoms with Crippen LogP contribution in [-0.2, 0) is 128 Å². The van der Waals surface area contributed by atoms with Gasteiger partial charge in [-0.05, 0) is 189 Å². The number of pyridine rings is 1. The van der Waals surface area contributed by atoms with Crippen LogP contribution in [0.15, 0.2) is 225 Å². The van der Waals surface area contributed by atoms with Crippen molar-refractivity contribution in [1.29, 1.82) is 0 Å². The van der Waals surface area contributed by atoms with E-state index in [0.717, 1.165) is 85.9 Å². The van der Waals surface area contributed by atoms with Crippen molar-refractivity contribution in [3.63, 3.8) is 0 Å². The predicted octanol–water partition coefficient (Wildman–Crippen LogP) is 7.97. The number of nitrogens with zero attached hydrogens (tertiary/aromatic N) is 8. The van der Waals surface area contributed by atoms with Crippen LogP contribution in [0.3, 0.4) is 0 Å². The number of hydrogen-bond acceptors (Lipinski definition) is 25. The Morgan fingerprint density at radius 2 is 0.701 bits per heavy atom. The Hall–Kier alpha value is -15.9. The van der Waals surface area contributed by atoms with Crippen LogP contribution in [0, 0.1) is 47.3 Å². The van der Waals surface area contributed by atoms with Gasteiger partial charge in [-0.25, -0.2) is 43.3 Å². The van der Waals surface area contributed by atoms with Crippen molar-refractivity contribution in [3.8, 4) is 0 Å². The summed E-state index contributed by atoms with van der Waals surface area (Å²) in [4.78, 5) is 206. The van der Waals surface area contributed by atoms with Crippen molar-refractivity contribution >= 4 is 140 Å². The van der Waals surface area contributed by atoms with Gasteiger partial charge < -0.3 is 50.2 Å². The summed E-state index contributed by atoms with van der Waals surface area (Å²) in [6.07, 6.45) is 8.58. The molecule has 9 aromatic rings. The number of rotatable bonds is 29. The Bertz CT molecular complexity index is 6150. The number of carbonyl (C=O) groups excluding carboxylic acids is 16. The average molecular weight is 2020 g/mol. The lowest BCUT2D eigenvalue weighted by molar-refractivity contribution is -0.134. The molecule has 41 nitrogen and oxygen atoms in total. The molecule has 16 amide bonds. The molecule has 6 atom stereocenters. The van der Waals surface area contributed by atoms with Gasteiger partial charge in [0.1, 0.15) is 25.5 Å². The van der Waals surface area contributed by atoms with Crippen LogP contribution >= 0.6 is 0 Å². The summed E-state index contributed by atoms with van der Waals surface area (Å²) in [6, 6.07) is 67.8. The number of carbonyl (C=O) groups is 16. The molecule has 1 fully saturated rings. The van der Waals surface area contributed by atoms with Crippen LogP contribution in [0.5, 0.6) is 0 Å². The molecular weight excluding hydrogens is 1890 g/mol. The minimum atomic E-state index is -0.639. The molecule has 0 spiro atoms. The van der Waals surface area contributed by atoms with Gasteiger partial charge in [0, 0.05) is 117 Å². The maximum absolute atomic E-state index is 12.8. The van der Waals surface area contributed by atoms with Gasteiger partial charge in [0.25, 0.3) is 5.91 Å². The topological polar surface area (TPSA) is 571 Å². The number of aryl methyl sites for hydroxylation is 1. The van der Waals surface area contributed by atoms with E-state index in [2.05, 4.69) is 34.8 Å². The van der Waals surface area contributed by atoms with Crippen molar-refractivity contribution in [3.05, 3.63) is 269 Å². The van der Waals surface area contributed by atoms with E-state index >= 15 is 0 Å². The van der Waals surface area contributed by atoms with E-state index in [0.29, 0.717) is 107 Å². The third kappa shape index (κ3) is 32.1. The fourth-order valence-corrected chi connectivity index (χ4v) is 18.0. The number of amides is 16. The molecule has 7 aliphatic heterocycles. The summed E-state index contributed by atoms with van der Waals surface area (Å²) in [5.41, 5.74) is 24.8. The second kappa shape index (κ2) is 55.3. The third-order valence-corrected chi connectivity index (χ3v) is 25.6. The first-order valence-corrected chi connectivity index (χ1v) is 48.2. The molecule has 0 saturated heterocycles. The van der Waals surface area contributed by atoms with E-state index in [4.69, 9.17) is 36.5 Å². The summed E-state index contributed by atoms with van der Waals surface area (Å²) in [7, 11) is 3.82. The number of aromatic nitrogens is 1. The van der Waals surface area contributed by atoms with Gasteiger partial charge in [-0.15, -0.1) is 0 Å². The number of hydroxylamine groups is 7. The van der Waals surface area contributed by atoms with Gasteiger partial charge in [-0.2, -0.15) is 0 Å². The molecule has 17 N–H and O–H groups in total. The van der Waals surface area contributed by atoms with Gasteiger partial charge in [0.2, 0.25) is 88.6 Å². The highest BCUT2D eigenvalue weighted by Gasteiger charge is 2.42. The number of fused-ring (bicyclic) bond motifs is 7. The predicted molar refractivity (Wildman–Crippen MR) is 538 cm³/mol. The van der Waals surface area contributed by atoms with Gasteiger partial charge >= 0.3 is 0 Å². The maximum atomic E-state index is 12.8. The molecule has 8 aromatic carbocycles. The third-order valence-electron chi connectivity index (χ3n) is 25.6. The van der Waals surface area contributed by atoms with Crippen LogP contribution in [0.25, 0.3) is 0 Å². The van der Waals surface area contributed by atoms with Crippen molar-refractivity contribution in [2.45, 2.75) is 130 Å². The number of benzene rings is 8. The first-order valence-electron chi connectivity index (χ1n) is 48.2. The van der Waals surface area contributed by atoms with Gasteiger partial charge in [-0.3, -0.25) is 113 Å². The zero-order chi connectivity index (χ0) is 106. The normalized spacial score (nSPS) is 17.4. The van der Waals surface area contributed by atoms with Crippen LogP contribution in [0.1, 0.15) is 123 Å². The molecule has 0 bridgehead atoms. The summed E-state index contributed by atoms with van der Waals surface area (Å²) >= 11 is 0. The summed E-state index contributed by atoms with van der Waals surface area (Å²) in [5, 5.41) is 68.5. The fraction of sp³-hybridized carbons (Fsp3) is 0.349. The molecule has 8 heterocycles. The molecule has 6 unspecified atom stereocenters. The zero-order valence-electron chi connectivity index (χ0n) is 81.9. The molecule has 776 valence electrons. The van der Waals surface area contributed by atoms with E-state index < -0.39 is 70.9 Å². The Labute approximate surface area is 848 Å². The SMILES string of the molecule is CC(C)CCN1C(=O)C(CC(=O)NO)Cc2ccccc21.CN(C)CCNC(=O)CN1C(=O)C(CC(=O)NO)Cc2ccccc21.O=C(CC1Cc2ccccc2N(CC(=O)Nc2ccccn2)C1=O)NO.O=C(CC1Cc2ccccc2N(CC2CC2)C1=O)NO.O=C(CC1Cc2ccccc2N(Cc2ccccc2)C1=O)NO.O=C(CC1Cc2ccccc2NC1=O)NO.O=C(CN1C(=O)CCc2ccccc21)NO. The van der Waals surface area contributed by atoms with Crippen LogP contribution in [0.4, 0.5) is 45.6 Å². The number of nitrogens with one attached hydrogen (secondary N) is 10. The van der Waals surface area contributed by atoms with E-state index in [1.807, 2.05) is 200 Å². The monoisotopic (exact) mass is 2020 g/mol. The number of hydrogen-bond donors (Lipinski definition) is 17. The maximum Gasteiger partial charge on any atom is 0.263 e. The van der Waals surface area contributed by atoms with Crippen molar-refractivity contribution in [2.75, 3.05) is 99.9 Å². The average Bonchev–Trinajstić information content (AvgIpc) is 1.78. The first-order chi connectivity index (χ1) is 70.8. The highest BCUT2D eigenvalue weighted by Crippen LogP contribution is 2.41. The molecule has 8 aliphatic rings. The number of anilines is 8. The lowest BCUT2D eigenvalue weighted by Gasteiger charge is -2.34. The Morgan fingerprint density at radius 1 is 0.361 bits per heavy atom. The summed E-state index contributed by atoms with van der Waals surface area (Å²) < 4.78 is 0. The first kappa shape index (κ1) is 111. The molecular formula is C106H124N18O23. The van der Waals surface area contributed by atoms with Crippen molar-refractivity contribution in [2.24, 2.45) is 47.3 Å². The Balaban J connectivity index is 0.000000164. The second-order valence-electron chi connectivity index (χ2n) is 37.0. The van der Waals surface area contributed by atoms with Gasteiger partial charge in [0.15, 0.2) is 0 Å². The van der Waals surface area contributed by atoms with Crippen molar-refractivity contribution in [1.82, 2.24) is 53.6 Å². The molecule has 147 heavy (non-hydrogen) atoms. The van der Waals surface area contributed by atoms with Crippen LogP contribution in [0.2, 0.25) is 0 Å². The van der Waals surface area contributed by atoms with Crippen LogP contribution < -0.4 is 83.7 Å². The van der Waals surface area contributed by atoms with E-state index in [-0.39, 0.29) is 117 Å². The largest absolute Gasteiger partial charge is 0.353 e. The van der Waals surface area contributed by atoms with E-state index in [1.165, 1.54) is 38.5 Å². The molecule has 17 rings (SSSR count). The highest BCUT2D eigenvalue weighted by molar-refractivity contribution is 6.08. The molecule has 1 saturated carbocycles. The van der Waals surface area contributed by atoms with E-state index in [1.54, 1.807) is 85.9 Å². The quantitative estimate of drug-likeness (QED) is 0.0156. The molecule has 41 heteroatoms. The van der Waals surface area contributed by atoms with Crippen LogP contribution in [-0.4, -0.2) is 201 Å².